The summed E-state index contributed by atoms with van der Waals surface area (Å²) >= 11 is 0. The van der Waals surface area contributed by atoms with Gasteiger partial charge in [0.1, 0.15) is 0 Å². The molecule has 1 heterocycles. The second-order valence-electron chi connectivity index (χ2n) is 8.93. The Bertz CT molecular complexity index is 692. The fourth-order valence-electron chi connectivity index (χ4n) is 6.50. The summed E-state index contributed by atoms with van der Waals surface area (Å²) in [5.74, 6) is 2.51. The minimum absolute atomic E-state index is 0.194. The lowest BCUT2D eigenvalue weighted by molar-refractivity contribution is -0.137. The number of hydrogen-bond donors (Lipinski definition) is 0. The molecule has 4 heteroatoms. The molecule has 0 amide bonds. The monoisotopic (exact) mass is 352 g/mol. The minimum Gasteiger partial charge on any atom is -0.466 e. The minimum atomic E-state index is -0.194. The van der Waals surface area contributed by atoms with E-state index in [-0.39, 0.29) is 11.5 Å². The predicted octanol–water partition coefficient (Wildman–Crippen LogP) is 3.79. The molecule has 0 unspecified atom stereocenters. The van der Waals surface area contributed by atoms with E-state index in [0.717, 1.165) is 42.2 Å². The van der Waals surface area contributed by atoms with Gasteiger partial charge in [-0.3, -0.25) is 4.90 Å². The van der Waals surface area contributed by atoms with Crippen LogP contribution in [0.15, 0.2) is 42.1 Å². The van der Waals surface area contributed by atoms with Crippen LogP contribution in [0, 0.1) is 17.8 Å². The third kappa shape index (κ3) is 2.66. The van der Waals surface area contributed by atoms with Gasteiger partial charge >= 0.3 is 5.97 Å². The molecule has 4 saturated carbocycles. The highest BCUT2D eigenvalue weighted by atomic mass is 16.5. The average molecular weight is 352 g/mol. The summed E-state index contributed by atoms with van der Waals surface area (Å²) in [6.07, 6.45) is 10.3. The summed E-state index contributed by atoms with van der Waals surface area (Å²) in [4.78, 5) is 17.2. The van der Waals surface area contributed by atoms with Crippen molar-refractivity contribution in [3.8, 4) is 0 Å². The highest BCUT2D eigenvalue weighted by Crippen LogP contribution is 2.58. The van der Waals surface area contributed by atoms with Gasteiger partial charge in [0.15, 0.2) is 0 Å². The Hall–Kier alpha value is -1.81. The molecule has 5 aliphatic rings. The molecular formula is C22H28N2O2. The van der Waals surface area contributed by atoms with Crippen LogP contribution in [0.2, 0.25) is 0 Å². The quantitative estimate of drug-likeness (QED) is 0.775. The lowest BCUT2D eigenvalue weighted by Crippen LogP contribution is -2.63. The highest BCUT2D eigenvalue weighted by Gasteiger charge is 2.54. The Morgan fingerprint density at radius 1 is 1.04 bits per heavy atom. The first-order chi connectivity index (χ1) is 12.6. The third-order valence-corrected chi connectivity index (χ3v) is 7.21. The van der Waals surface area contributed by atoms with Gasteiger partial charge in [0.2, 0.25) is 0 Å². The second-order valence-corrected chi connectivity index (χ2v) is 8.93. The van der Waals surface area contributed by atoms with E-state index >= 15 is 0 Å². The maximum atomic E-state index is 12.4. The molecular weight excluding hydrogens is 324 g/mol. The van der Waals surface area contributed by atoms with Crippen molar-refractivity contribution >= 4 is 11.7 Å². The number of hydrogen-bond acceptors (Lipinski definition) is 4. The summed E-state index contributed by atoms with van der Waals surface area (Å²) in [6.45, 7) is 1.60. The molecule has 138 valence electrons. The number of esters is 1. The maximum Gasteiger partial charge on any atom is 0.336 e. The summed E-state index contributed by atoms with van der Waals surface area (Å²) in [5.41, 5.74) is 2.21. The van der Waals surface area contributed by atoms with Crippen LogP contribution in [0.5, 0.6) is 0 Å². The van der Waals surface area contributed by atoms with Gasteiger partial charge in [-0.15, -0.1) is 0 Å². The number of ether oxygens (including phenoxy) is 1. The van der Waals surface area contributed by atoms with E-state index in [1.54, 1.807) is 0 Å². The molecule has 4 fully saturated rings. The molecule has 0 aromatic heterocycles. The average Bonchev–Trinajstić information content (AvgIpc) is 2.66. The third-order valence-electron chi connectivity index (χ3n) is 7.21. The van der Waals surface area contributed by atoms with E-state index in [1.807, 2.05) is 12.3 Å². The zero-order valence-corrected chi connectivity index (χ0v) is 15.6. The van der Waals surface area contributed by atoms with Crippen molar-refractivity contribution in [3.05, 3.63) is 42.1 Å². The van der Waals surface area contributed by atoms with Gasteiger partial charge in [0.25, 0.3) is 0 Å². The zero-order valence-electron chi connectivity index (χ0n) is 15.6. The standard InChI is InChI=1S/C22H28N2O2/c1-26-21(25)19-13-23(20-5-3-2-4-6-20)15-24(14-19)22-10-16-7-17(11-22)9-18(8-16)12-22/h2-6,13,16-18H,7-12,14-15H2,1H3. The van der Waals surface area contributed by atoms with Gasteiger partial charge in [0.05, 0.1) is 19.4 Å². The van der Waals surface area contributed by atoms with E-state index < -0.39 is 0 Å². The molecule has 1 aromatic carbocycles. The number of benzene rings is 1. The van der Waals surface area contributed by atoms with Gasteiger partial charge < -0.3 is 9.64 Å². The normalized spacial score (nSPS) is 36.1. The van der Waals surface area contributed by atoms with E-state index in [1.165, 1.54) is 45.6 Å². The molecule has 0 saturated heterocycles. The zero-order chi connectivity index (χ0) is 17.7. The Morgan fingerprint density at radius 2 is 1.65 bits per heavy atom. The Kier molecular flexibility index (Phi) is 3.85. The number of methoxy groups -OCH3 is 1. The van der Waals surface area contributed by atoms with Crippen molar-refractivity contribution in [3.63, 3.8) is 0 Å². The molecule has 0 radical (unpaired) electrons. The first-order valence-corrected chi connectivity index (χ1v) is 10.0. The van der Waals surface area contributed by atoms with E-state index in [4.69, 9.17) is 4.74 Å². The van der Waals surface area contributed by atoms with Gasteiger partial charge in [-0.2, -0.15) is 0 Å². The van der Waals surface area contributed by atoms with Crippen LogP contribution in [0.4, 0.5) is 5.69 Å². The van der Waals surface area contributed by atoms with Gasteiger partial charge in [-0.05, 0) is 68.4 Å². The molecule has 6 rings (SSSR count). The summed E-state index contributed by atoms with van der Waals surface area (Å²) in [5, 5.41) is 0. The Labute approximate surface area is 155 Å². The van der Waals surface area contributed by atoms with Gasteiger partial charge in [-0.1, -0.05) is 18.2 Å². The second kappa shape index (κ2) is 6.12. The van der Waals surface area contributed by atoms with E-state index in [2.05, 4.69) is 34.1 Å². The van der Waals surface area contributed by atoms with Crippen molar-refractivity contribution in [1.29, 1.82) is 0 Å². The molecule has 0 atom stereocenters. The number of para-hydroxylation sites is 1. The fraction of sp³-hybridized carbons (Fsp3) is 0.591. The summed E-state index contributed by atoms with van der Waals surface area (Å²) < 4.78 is 5.08. The fourth-order valence-corrected chi connectivity index (χ4v) is 6.50. The van der Waals surface area contributed by atoms with Crippen LogP contribution in [0.1, 0.15) is 38.5 Å². The topological polar surface area (TPSA) is 32.8 Å². The maximum absolute atomic E-state index is 12.4. The number of anilines is 1. The first-order valence-electron chi connectivity index (χ1n) is 10.0. The van der Waals surface area contributed by atoms with E-state index in [0.29, 0.717) is 0 Å². The van der Waals surface area contributed by atoms with Crippen LogP contribution < -0.4 is 4.90 Å². The van der Waals surface area contributed by atoms with Crippen LogP contribution in [-0.2, 0) is 9.53 Å². The van der Waals surface area contributed by atoms with Crippen molar-refractivity contribution < 1.29 is 9.53 Å². The highest BCUT2D eigenvalue weighted by molar-refractivity contribution is 5.89. The van der Waals surface area contributed by atoms with Crippen LogP contribution in [0.25, 0.3) is 0 Å². The molecule has 4 bridgehead atoms. The largest absolute Gasteiger partial charge is 0.466 e. The van der Waals surface area contributed by atoms with Crippen molar-refractivity contribution in [2.75, 3.05) is 25.2 Å². The van der Waals surface area contributed by atoms with E-state index in [9.17, 15) is 4.79 Å². The number of nitrogens with zero attached hydrogens (tertiary/aromatic N) is 2. The number of carbonyl (C=O) groups excluding carboxylic acids is 1. The SMILES string of the molecule is COC(=O)C1=CN(c2ccccc2)CN(C23CC4CC(CC(C4)C2)C3)C1. The molecule has 4 nitrogen and oxygen atoms in total. The Balaban J connectivity index is 1.48. The van der Waals surface area contributed by atoms with Crippen molar-refractivity contribution in [1.82, 2.24) is 4.90 Å². The Morgan fingerprint density at radius 3 is 2.23 bits per heavy atom. The first kappa shape index (κ1) is 16.4. The van der Waals surface area contributed by atoms with Crippen LogP contribution >= 0.6 is 0 Å². The molecule has 1 aromatic rings. The molecule has 0 N–H and O–H groups in total. The lowest BCUT2D eigenvalue weighted by Gasteiger charge is -2.61. The smallest absolute Gasteiger partial charge is 0.336 e. The lowest BCUT2D eigenvalue weighted by atomic mass is 9.52. The molecule has 4 aliphatic carbocycles. The van der Waals surface area contributed by atoms with Gasteiger partial charge in [-0.25, -0.2) is 4.79 Å². The van der Waals surface area contributed by atoms with Crippen molar-refractivity contribution in [2.24, 2.45) is 17.8 Å². The van der Waals surface area contributed by atoms with Gasteiger partial charge in [0, 0.05) is 24.0 Å². The summed E-state index contributed by atoms with van der Waals surface area (Å²) in [6, 6.07) is 10.4. The predicted molar refractivity (Wildman–Crippen MR) is 101 cm³/mol. The molecule has 26 heavy (non-hydrogen) atoms. The number of rotatable bonds is 3. The van der Waals surface area contributed by atoms with Crippen LogP contribution in [-0.4, -0.2) is 36.7 Å². The molecule has 1 aliphatic heterocycles. The summed E-state index contributed by atoms with van der Waals surface area (Å²) in [7, 11) is 1.49. The van der Waals surface area contributed by atoms with Crippen LogP contribution in [0.3, 0.4) is 0 Å². The molecule has 0 spiro atoms. The van der Waals surface area contributed by atoms with Crippen molar-refractivity contribution in [2.45, 2.75) is 44.1 Å². The number of carbonyl (C=O) groups is 1.